The van der Waals surface area contributed by atoms with Crippen molar-refractivity contribution in [3.63, 3.8) is 0 Å². The molecular weight excluding hydrogens is 1070 g/mol. The van der Waals surface area contributed by atoms with Crippen LogP contribution in [0.3, 0.4) is 0 Å². The fourth-order valence-electron chi connectivity index (χ4n) is 10.3. The van der Waals surface area contributed by atoms with E-state index in [1.54, 1.807) is 0 Å². The Morgan fingerprint density at radius 1 is 0.694 bits per heavy atom. The molecule has 0 saturated carbocycles. The van der Waals surface area contributed by atoms with Crippen LogP contribution in [0.5, 0.6) is 11.5 Å². The van der Waals surface area contributed by atoms with Crippen LogP contribution in [0.1, 0.15) is 122 Å². The molecule has 0 aliphatic carbocycles. The molecule has 6 heterocycles. The normalized spacial score (nSPS) is 13.1. The molecule has 0 saturated heterocycles. The van der Waals surface area contributed by atoms with E-state index in [1.807, 2.05) is 36.5 Å². The van der Waals surface area contributed by atoms with Crippen LogP contribution in [-0.4, -0.2) is 31.0 Å². The monoisotopic (exact) mass is 1130 g/mol. The summed E-state index contributed by atoms with van der Waals surface area (Å²) in [6, 6.07) is 48.2. The second kappa shape index (κ2) is 20.4. The summed E-state index contributed by atoms with van der Waals surface area (Å²) in [4.78, 5) is 18.3. The number of para-hydroxylation sites is 1. The third-order valence-electron chi connectivity index (χ3n) is 14.5. The maximum atomic E-state index is 7.33. The third kappa shape index (κ3) is 8.49. The van der Waals surface area contributed by atoms with E-state index in [1.165, 1.54) is 51.5 Å². The summed E-state index contributed by atoms with van der Waals surface area (Å²) in [7, 11) is 1.39. The van der Waals surface area contributed by atoms with E-state index in [2.05, 4.69) is 192 Å². The van der Waals surface area contributed by atoms with Crippen molar-refractivity contribution in [2.75, 3.05) is 7.05 Å². The van der Waals surface area contributed by atoms with Crippen molar-refractivity contribution in [3.8, 4) is 46.4 Å². The molecule has 0 amide bonds. The molecule has 10 aromatic rings. The van der Waals surface area contributed by atoms with Crippen LogP contribution in [0, 0.1) is 24.0 Å². The van der Waals surface area contributed by atoms with Gasteiger partial charge in [0.05, 0.1) is 17.0 Å². The molecule has 1 aliphatic rings. The maximum absolute atomic E-state index is 7.33. The van der Waals surface area contributed by atoms with Crippen LogP contribution in [0.4, 0.5) is 0 Å². The van der Waals surface area contributed by atoms with Crippen LogP contribution < -0.4 is 4.74 Å². The van der Waals surface area contributed by atoms with Gasteiger partial charge >= 0.3 is 21.1 Å². The average Bonchev–Trinajstić information content (AvgIpc) is 3.94. The molecule has 11 rings (SSSR count). The number of rotatable bonds is 8. The SMILES string of the molecule is C.C#N.CC(C)c1cc(C(C)C)c(-c2ccc3c4ccc(Oc5[c-]c6c(cc5)c5cccc7c5n5c(c(-c8ccccc8)nc65)C(C)(C)C7(C)C)[c-]c4n(-c4ccccn4)c3n2)c(C(C)C)c1.CN=[N+]=[N-].[Pt+2]. The molecule has 0 fully saturated rings. The molecule has 1 aliphatic heterocycles. The van der Waals surface area contributed by atoms with E-state index in [0.717, 1.165) is 61.1 Å². The van der Waals surface area contributed by atoms with E-state index in [0.29, 0.717) is 29.3 Å². The summed E-state index contributed by atoms with van der Waals surface area (Å²) in [6.07, 6.45) is 1.83. The van der Waals surface area contributed by atoms with Crippen LogP contribution in [0.25, 0.3) is 88.0 Å². The number of nitrogens with zero attached hydrogens (tertiary/aromatic N) is 9. The maximum Gasteiger partial charge on any atom is 2.00 e. The largest absolute Gasteiger partial charge is 2.00 e. The minimum atomic E-state index is -0.238. The number of ether oxygens (including phenoxy) is 1. The van der Waals surface area contributed by atoms with Crippen molar-refractivity contribution in [1.29, 1.82) is 5.26 Å². The molecule has 0 N–H and O–H groups in total. The summed E-state index contributed by atoms with van der Waals surface area (Å²) in [5, 5.41) is 14.7. The van der Waals surface area contributed by atoms with Gasteiger partial charge < -0.3 is 13.7 Å². The van der Waals surface area contributed by atoms with Gasteiger partial charge in [0, 0.05) is 69.4 Å². The minimum Gasteiger partial charge on any atom is -0.503 e. The molecule has 0 bridgehead atoms. The van der Waals surface area contributed by atoms with Crippen LogP contribution in [0.15, 0.2) is 127 Å². The van der Waals surface area contributed by atoms with Gasteiger partial charge in [-0.25, -0.2) is 15.2 Å². The molecule has 0 spiro atoms. The van der Waals surface area contributed by atoms with Gasteiger partial charge in [-0.1, -0.05) is 177 Å². The number of pyridine rings is 3. The number of hydrogen-bond donors (Lipinski definition) is 0. The summed E-state index contributed by atoms with van der Waals surface area (Å²) in [5.74, 6) is 3.03. The number of aromatic nitrogens is 5. The molecule has 0 unspecified atom stereocenters. The van der Waals surface area contributed by atoms with E-state index >= 15 is 0 Å². The first kappa shape index (κ1) is 52.5. The Morgan fingerprint density at radius 2 is 1.32 bits per heavy atom. The topological polar surface area (TPSA) is 130 Å². The predicted octanol–water partition coefficient (Wildman–Crippen LogP) is 16.9. The standard InChI is InChI=1S/C58H53N5O.CH3N3.CHN.CH4.Pt/c1-33(2)37-29-44(34(3)4)51(45(30-37)35(5)6)48-27-26-43-41-25-23-39(32-49(41)62(55(43)60-48)50-21-14-15-28-59-50)64-38-22-24-40-42-19-16-20-47-53(42)63-54(58(9,10)57(47,7)8)52(36-17-12-11-13-18-36)61-56(63)46(40)31-38;1-3-4-2;1-2;;/h11-30,33-35H,1-10H3;1H3;1H;1H4;/q-2;;;;+2. The Kier molecular flexibility index (Phi) is 14.9. The second-order valence-corrected chi connectivity index (χ2v) is 20.0. The first-order valence-corrected chi connectivity index (χ1v) is 23.9. The zero-order valence-electron chi connectivity index (χ0n) is 42.1. The van der Waals surface area contributed by atoms with Gasteiger partial charge in [0.2, 0.25) is 0 Å². The van der Waals surface area contributed by atoms with Crippen molar-refractivity contribution in [1.82, 2.24) is 23.9 Å². The van der Waals surface area contributed by atoms with Gasteiger partial charge in [-0.2, -0.15) is 6.07 Å². The first-order valence-electron chi connectivity index (χ1n) is 23.9. The smallest absolute Gasteiger partial charge is 0.503 e. The fourth-order valence-corrected chi connectivity index (χ4v) is 10.3. The van der Waals surface area contributed by atoms with E-state index < -0.39 is 0 Å². The van der Waals surface area contributed by atoms with Gasteiger partial charge in [-0.05, 0) is 74.5 Å². The molecule has 10 nitrogen and oxygen atoms in total. The first-order chi connectivity index (χ1) is 33.7. The Labute approximate surface area is 437 Å². The number of azide groups is 1. The molecule has 11 heteroatoms. The molecule has 72 heavy (non-hydrogen) atoms. The summed E-state index contributed by atoms with van der Waals surface area (Å²) in [5.41, 5.74) is 21.6. The van der Waals surface area contributed by atoms with Gasteiger partial charge in [0.25, 0.3) is 0 Å². The molecular formula is C61H61N9OPt. The van der Waals surface area contributed by atoms with E-state index in [-0.39, 0.29) is 39.3 Å². The number of hydrogen-bond acceptors (Lipinski definition) is 6. The van der Waals surface area contributed by atoms with Gasteiger partial charge in [0.1, 0.15) is 11.5 Å². The Hall–Kier alpha value is -7.30. The molecule has 5 aromatic heterocycles. The quantitative estimate of drug-likeness (QED) is 0.0492. The molecule has 5 aromatic carbocycles. The second-order valence-electron chi connectivity index (χ2n) is 20.0. The van der Waals surface area contributed by atoms with Crippen LogP contribution in [0.2, 0.25) is 0 Å². The van der Waals surface area contributed by atoms with Gasteiger partial charge in [-0.15, -0.1) is 29.7 Å². The Morgan fingerprint density at radius 3 is 1.93 bits per heavy atom. The van der Waals surface area contributed by atoms with Crippen LogP contribution >= 0.6 is 0 Å². The summed E-state index contributed by atoms with van der Waals surface area (Å²) in [6.45, 7) is 26.7. The van der Waals surface area contributed by atoms with E-state index in [9.17, 15) is 0 Å². The molecule has 0 radical (unpaired) electrons. The van der Waals surface area contributed by atoms with Crippen molar-refractivity contribution < 1.29 is 25.8 Å². The predicted molar refractivity (Wildman–Crippen MR) is 292 cm³/mol. The van der Waals surface area contributed by atoms with Gasteiger partial charge in [0.15, 0.2) is 0 Å². The number of fused-ring (bicyclic) bond motifs is 6. The van der Waals surface area contributed by atoms with E-state index in [4.69, 9.17) is 30.5 Å². The number of imidazole rings is 1. The van der Waals surface area contributed by atoms with Crippen molar-refractivity contribution in [2.45, 2.75) is 105 Å². The van der Waals surface area contributed by atoms with Crippen molar-refractivity contribution >= 4 is 49.3 Å². The third-order valence-corrected chi connectivity index (χ3v) is 14.5. The van der Waals surface area contributed by atoms with Crippen molar-refractivity contribution in [2.24, 2.45) is 5.11 Å². The number of nitriles is 1. The Balaban J connectivity index is 0.000000908. The summed E-state index contributed by atoms with van der Waals surface area (Å²) < 4.78 is 11.3. The Bertz CT molecular complexity index is 3680. The average molecular weight is 1130 g/mol. The fraction of sp³-hybridized carbons (Fsp3) is 0.279. The van der Waals surface area contributed by atoms with Crippen molar-refractivity contribution in [3.05, 3.63) is 172 Å². The number of benzene rings is 5. The van der Waals surface area contributed by atoms with Gasteiger partial charge in [-0.3, -0.25) is 4.98 Å². The molecule has 0 atom stereocenters. The zero-order chi connectivity index (χ0) is 49.8. The summed E-state index contributed by atoms with van der Waals surface area (Å²) >= 11 is 0. The molecule has 366 valence electrons. The zero-order valence-corrected chi connectivity index (χ0v) is 44.4. The minimum absolute atomic E-state index is 0. The van der Waals surface area contributed by atoms with Crippen LogP contribution in [-0.2, 0) is 31.9 Å².